The predicted molar refractivity (Wildman–Crippen MR) is 85.6 cm³/mol. The second-order valence-corrected chi connectivity index (χ2v) is 5.10. The Morgan fingerprint density at radius 2 is 2.00 bits per heavy atom. The van der Waals surface area contributed by atoms with Crippen LogP contribution >= 0.6 is 0 Å². The van der Waals surface area contributed by atoms with Gasteiger partial charge >= 0.3 is 0 Å². The highest BCUT2D eigenvalue weighted by molar-refractivity contribution is 5.94. The molecular formula is C16H13N5O2. The van der Waals surface area contributed by atoms with Crippen molar-refractivity contribution in [1.29, 1.82) is 0 Å². The van der Waals surface area contributed by atoms with Gasteiger partial charge in [0.25, 0.3) is 11.3 Å². The second-order valence-electron chi connectivity index (χ2n) is 5.10. The Morgan fingerprint density at radius 1 is 1.17 bits per heavy atom. The fourth-order valence-corrected chi connectivity index (χ4v) is 2.72. The molecule has 0 aliphatic carbocycles. The molecule has 3 heterocycles. The Balaban J connectivity index is 2.28. The summed E-state index contributed by atoms with van der Waals surface area (Å²) >= 11 is 0. The molecule has 4 aromatic rings. The number of aromatic amines is 1. The summed E-state index contributed by atoms with van der Waals surface area (Å²) in [5, 5.41) is 4.84. The number of aryl methyl sites for hydroxylation is 1. The molecule has 7 heteroatoms. The number of hydrogen-bond acceptors (Lipinski definition) is 5. The minimum Gasteiger partial charge on any atom is -0.496 e. The largest absolute Gasteiger partial charge is 0.496 e. The summed E-state index contributed by atoms with van der Waals surface area (Å²) in [6.45, 7) is 1.79. The monoisotopic (exact) mass is 307 g/mol. The lowest BCUT2D eigenvalue weighted by atomic mass is 10.1. The molecule has 0 fully saturated rings. The van der Waals surface area contributed by atoms with Crippen molar-refractivity contribution >= 4 is 16.7 Å². The summed E-state index contributed by atoms with van der Waals surface area (Å²) in [6.07, 6.45) is 1.57. The number of nitrogens with zero attached hydrogens (tertiary/aromatic N) is 4. The Bertz CT molecular complexity index is 1100. The van der Waals surface area contributed by atoms with Crippen LogP contribution in [0.15, 0.2) is 41.3 Å². The van der Waals surface area contributed by atoms with Crippen molar-refractivity contribution in [3.8, 4) is 17.0 Å². The van der Waals surface area contributed by atoms with E-state index in [0.717, 1.165) is 5.56 Å². The molecule has 7 nitrogen and oxygen atoms in total. The Kier molecular flexibility index (Phi) is 2.87. The van der Waals surface area contributed by atoms with Gasteiger partial charge in [-0.1, -0.05) is 12.1 Å². The van der Waals surface area contributed by atoms with E-state index in [9.17, 15) is 4.79 Å². The van der Waals surface area contributed by atoms with E-state index in [-0.39, 0.29) is 5.56 Å². The summed E-state index contributed by atoms with van der Waals surface area (Å²) in [7, 11) is 1.59. The molecule has 0 radical (unpaired) electrons. The molecule has 114 valence electrons. The van der Waals surface area contributed by atoms with Crippen LogP contribution in [0.25, 0.3) is 27.9 Å². The van der Waals surface area contributed by atoms with Gasteiger partial charge in [0, 0.05) is 11.8 Å². The summed E-state index contributed by atoms with van der Waals surface area (Å²) in [5.74, 6) is 1.68. The fourth-order valence-electron chi connectivity index (χ4n) is 2.72. The number of hydrogen-bond donors (Lipinski definition) is 1. The van der Waals surface area contributed by atoms with Gasteiger partial charge in [-0.2, -0.15) is 9.50 Å². The molecule has 1 N–H and O–H groups in total. The van der Waals surface area contributed by atoms with E-state index in [1.54, 1.807) is 30.8 Å². The van der Waals surface area contributed by atoms with Crippen molar-refractivity contribution in [3.05, 3.63) is 52.7 Å². The van der Waals surface area contributed by atoms with Crippen molar-refractivity contribution in [2.24, 2.45) is 0 Å². The van der Waals surface area contributed by atoms with Gasteiger partial charge in [0.2, 0.25) is 0 Å². The summed E-state index contributed by atoms with van der Waals surface area (Å²) < 4.78 is 7.04. The number of rotatable bonds is 2. The lowest BCUT2D eigenvalue weighted by molar-refractivity contribution is 0.416. The lowest BCUT2D eigenvalue weighted by Crippen LogP contribution is -2.11. The number of pyridine rings is 1. The van der Waals surface area contributed by atoms with Crippen LogP contribution in [-0.4, -0.2) is 31.7 Å². The van der Waals surface area contributed by atoms with Gasteiger partial charge < -0.3 is 9.72 Å². The number of H-pyrrole nitrogens is 1. The van der Waals surface area contributed by atoms with Crippen LogP contribution in [0.4, 0.5) is 0 Å². The number of benzene rings is 1. The van der Waals surface area contributed by atoms with Crippen LogP contribution in [0, 0.1) is 6.92 Å². The van der Waals surface area contributed by atoms with Gasteiger partial charge in [-0.05, 0) is 25.1 Å². The minimum absolute atomic E-state index is 0.231. The molecule has 0 saturated heterocycles. The van der Waals surface area contributed by atoms with Gasteiger partial charge in [0.05, 0.1) is 23.7 Å². The van der Waals surface area contributed by atoms with Gasteiger partial charge in [0.15, 0.2) is 0 Å². The Morgan fingerprint density at radius 3 is 2.83 bits per heavy atom. The van der Waals surface area contributed by atoms with Crippen molar-refractivity contribution in [3.63, 3.8) is 0 Å². The maximum atomic E-state index is 12.4. The zero-order valence-corrected chi connectivity index (χ0v) is 12.6. The number of methoxy groups -OCH3 is 1. The molecule has 0 aliphatic rings. The summed E-state index contributed by atoms with van der Waals surface area (Å²) in [6, 6.07) is 9.24. The summed E-state index contributed by atoms with van der Waals surface area (Å²) in [4.78, 5) is 23.9. The predicted octanol–water partition coefficient (Wildman–Crippen LogP) is 1.95. The average Bonchev–Trinajstić information content (AvgIpc) is 2.93. The smallest absolute Gasteiger partial charge is 0.259 e. The topological polar surface area (TPSA) is 85.2 Å². The van der Waals surface area contributed by atoms with E-state index in [0.29, 0.717) is 33.9 Å². The van der Waals surface area contributed by atoms with Gasteiger partial charge in [-0.3, -0.25) is 4.79 Å². The fraction of sp³-hybridized carbons (Fsp3) is 0.125. The standard InChI is InChI=1S/C16H13N5O2/c1-9-18-16-19-11-7-8-17-15(22)13(11)14(21(16)20-9)10-5-3-4-6-12(10)23-2/h3-8H,1-2H3,(H,17,22). The van der Waals surface area contributed by atoms with Crippen molar-refractivity contribution in [2.75, 3.05) is 7.11 Å². The first-order valence-corrected chi connectivity index (χ1v) is 7.07. The number of nitrogens with one attached hydrogen (secondary N) is 1. The zero-order valence-electron chi connectivity index (χ0n) is 12.6. The van der Waals surface area contributed by atoms with E-state index in [2.05, 4.69) is 20.1 Å². The quantitative estimate of drug-likeness (QED) is 0.612. The molecule has 3 aromatic heterocycles. The van der Waals surface area contributed by atoms with E-state index in [1.165, 1.54) is 0 Å². The third-order valence-corrected chi connectivity index (χ3v) is 3.67. The van der Waals surface area contributed by atoms with Crippen LogP contribution in [0.2, 0.25) is 0 Å². The van der Waals surface area contributed by atoms with E-state index in [1.807, 2.05) is 24.3 Å². The number of para-hydroxylation sites is 1. The van der Waals surface area contributed by atoms with E-state index in [4.69, 9.17) is 4.74 Å². The molecular weight excluding hydrogens is 294 g/mol. The maximum absolute atomic E-state index is 12.4. The Hall–Kier alpha value is -3.22. The highest BCUT2D eigenvalue weighted by Crippen LogP contribution is 2.32. The van der Waals surface area contributed by atoms with E-state index < -0.39 is 0 Å². The molecule has 0 unspecified atom stereocenters. The number of aromatic nitrogens is 5. The van der Waals surface area contributed by atoms with Crippen LogP contribution in [-0.2, 0) is 0 Å². The first-order valence-electron chi connectivity index (χ1n) is 7.07. The van der Waals surface area contributed by atoms with Gasteiger partial charge in [0.1, 0.15) is 11.6 Å². The highest BCUT2D eigenvalue weighted by atomic mass is 16.5. The molecule has 0 spiro atoms. The normalized spacial score (nSPS) is 11.2. The average molecular weight is 307 g/mol. The van der Waals surface area contributed by atoms with E-state index >= 15 is 0 Å². The molecule has 0 atom stereocenters. The molecule has 1 aromatic carbocycles. The maximum Gasteiger partial charge on any atom is 0.259 e. The van der Waals surface area contributed by atoms with Crippen molar-refractivity contribution in [1.82, 2.24) is 24.6 Å². The SMILES string of the molecule is COc1ccccc1-c1c2c(=O)[nH]ccc2nc2nc(C)nn12. The van der Waals surface area contributed by atoms with Crippen molar-refractivity contribution < 1.29 is 4.74 Å². The highest BCUT2D eigenvalue weighted by Gasteiger charge is 2.18. The lowest BCUT2D eigenvalue weighted by Gasteiger charge is -2.11. The van der Waals surface area contributed by atoms with Crippen LogP contribution in [0.5, 0.6) is 5.75 Å². The molecule has 0 saturated carbocycles. The molecule has 23 heavy (non-hydrogen) atoms. The van der Waals surface area contributed by atoms with Gasteiger partial charge in [-0.15, -0.1) is 5.10 Å². The third kappa shape index (κ3) is 1.97. The first-order chi connectivity index (χ1) is 11.2. The van der Waals surface area contributed by atoms with Crippen molar-refractivity contribution in [2.45, 2.75) is 6.92 Å². The van der Waals surface area contributed by atoms with Crippen LogP contribution in [0.1, 0.15) is 5.82 Å². The zero-order chi connectivity index (χ0) is 16.0. The third-order valence-electron chi connectivity index (χ3n) is 3.67. The second kappa shape index (κ2) is 4.91. The molecule has 0 aliphatic heterocycles. The molecule has 0 amide bonds. The van der Waals surface area contributed by atoms with Gasteiger partial charge in [-0.25, -0.2) is 4.98 Å². The molecule has 0 bridgehead atoms. The minimum atomic E-state index is -0.231. The Labute approximate surface area is 130 Å². The number of fused-ring (bicyclic) bond motifs is 2. The van der Waals surface area contributed by atoms with Crippen LogP contribution < -0.4 is 10.3 Å². The summed E-state index contributed by atoms with van der Waals surface area (Å²) in [5.41, 5.74) is 1.71. The first kappa shape index (κ1) is 13.4. The van der Waals surface area contributed by atoms with Crippen LogP contribution in [0.3, 0.4) is 0 Å². The number of ether oxygens (including phenoxy) is 1. The molecule has 4 rings (SSSR count).